The highest BCUT2D eigenvalue weighted by atomic mass is 35.7. The molecule has 7 heteroatoms. The van der Waals surface area contributed by atoms with E-state index in [1.54, 1.807) is 0 Å². The van der Waals surface area contributed by atoms with Crippen LogP contribution >= 0.6 is 10.7 Å². The summed E-state index contributed by atoms with van der Waals surface area (Å²) in [6.45, 7) is 0.243. The van der Waals surface area contributed by atoms with Crippen molar-refractivity contribution in [3.8, 4) is 0 Å². The minimum atomic E-state index is -3.43. The third-order valence-corrected chi connectivity index (χ3v) is 5.03. The Morgan fingerprint density at radius 3 is 2.68 bits per heavy atom. The summed E-state index contributed by atoms with van der Waals surface area (Å²) >= 11 is 0. The molecule has 0 aliphatic heterocycles. The quantitative estimate of drug-likeness (QED) is 0.804. The van der Waals surface area contributed by atoms with Gasteiger partial charge in [0.15, 0.2) is 0 Å². The van der Waals surface area contributed by atoms with Crippen molar-refractivity contribution in [2.45, 2.75) is 38.3 Å². The van der Waals surface area contributed by atoms with Crippen molar-refractivity contribution in [1.29, 1.82) is 0 Å². The standard InChI is InChI=1S/C15H20ClNO4S/c16-22(19,20)9-8-12-6-7-14(10-12)17-15(18)21-11-13-4-2-1-3-5-13/h1-5,12,14H,6-11H2,(H,17,18). The normalized spacial score (nSPS) is 21.5. The van der Waals surface area contributed by atoms with E-state index in [1.165, 1.54) is 0 Å². The Morgan fingerprint density at radius 2 is 2.00 bits per heavy atom. The Kier molecular flexibility index (Phi) is 6.08. The van der Waals surface area contributed by atoms with Gasteiger partial charge in [0.1, 0.15) is 6.61 Å². The van der Waals surface area contributed by atoms with E-state index < -0.39 is 15.1 Å². The molecule has 0 spiro atoms. The van der Waals surface area contributed by atoms with E-state index in [4.69, 9.17) is 15.4 Å². The average molecular weight is 346 g/mol. The van der Waals surface area contributed by atoms with Gasteiger partial charge in [0.2, 0.25) is 9.05 Å². The number of hydrogen-bond donors (Lipinski definition) is 1. The summed E-state index contributed by atoms with van der Waals surface area (Å²) in [5.74, 6) is 0.276. The maximum absolute atomic E-state index is 11.7. The highest BCUT2D eigenvalue weighted by Crippen LogP contribution is 2.29. The van der Waals surface area contributed by atoms with Crippen molar-refractivity contribution in [2.24, 2.45) is 5.92 Å². The molecule has 2 atom stereocenters. The van der Waals surface area contributed by atoms with Crippen molar-refractivity contribution in [1.82, 2.24) is 5.32 Å². The molecule has 2 rings (SSSR count). The Morgan fingerprint density at radius 1 is 1.27 bits per heavy atom. The molecule has 0 aromatic heterocycles. The summed E-state index contributed by atoms with van der Waals surface area (Å²) in [5, 5.41) is 2.83. The Balaban J connectivity index is 1.67. The molecule has 122 valence electrons. The molecule has 1 saturated carbocycles. The van der Waals surface area contributed by atoms with Gasteiger partial charge in [-0.25, -0.2) is 13.2 Å². The fourth-order valence-corrected chi connectivity index (χ4v) is 3.59. The fraction of sp³-hybridized carbons (Fsp3) is 0.533. The van der Waals surface area contributed by atoms with Crippen LogP contribution in [-0.2, 0) is 20.4 Å². The molecule has 1 N–H and O–H groups in total. The lowest BCUT2D eigenvalue weighted by molar-refractivity contribution is 0.135. The monoisotopic (exact) mass is 345 g/mol. The SMILES string of the molecule is O=C(NC1CCC(CCS(=O)(=O)Cl)C1)OCc1ccccc1. The van der Waals surface area contributed by atoms with E-state index >= 15 is 0 Å². The molecule has 1 aliphatic carbocycles. The van der Waals surface area contributed by atoms with Gasteiger partial charge in [0.05, 0.1) is 5.75 Å². The number of amides is 1. The van der Waals surface area contributed by atoms with Crippen LogP contribution < -0.4 is 5.32 Å². The molecule has 22 heavy (non-hydrogen) atoms. The van der Waals surface area contributed by atoms with Crippen LogP contribution in [0.5, 0.6) is 0 Å². The molecule has 1 amide bonds. The summed E-state index contributed by atoms with van der Waals surface area (Å²) in [7, 11) is 1.78. The second-order valence-electron chi connectivity index (χ2n) is 5.61. The van der Waals surface area contributed by atoms with E-state index in [-0.39, 0.29) is 24.3 Å². The lowest BCUT2D eigenvalue weighted by Crippen LogP contribution is -2.33. The van der Waals surface area contributed by atoms with Crippen molar-refractivity contribution in [3.63, 3.8) is 0 Å². The minimum absolute atomic E-state index is 0.00953. The first kappa shape index (κ1) is 17.1. The van der Waals surface area contributed by atoms with Gasteiger partial charge in [-0.2, -0.15) is 0 Å². The van der Waals surface area contributed by atoms with Crippen molar-refractivity contribution >= 4 is 25.8 Å². The van der Waals surface area contributed by atoms with Crippen LogP contribution in [0.3, 0.4) is 0 Å². The zero-order valence-electron chi connectivity index (χ0n) is 12.2. The Bertz CT molecular complexity index is 591. The van der Waals surface area contributed by atoms with Crippen molar-refractivity contribution in [2.75, 3.05) is 5.75 Å². The number of carbonyl (C=O) groups excluding carboxylic acids is 1. The smallest absolute Gasteiger partial charge is 0.407 e. The first-order valence-electron chi connectivity index (χ1n) is 7.32. The van der Waals surface area contributed by atoms with Gasteiger partial charge in [-0.15, -0.1) is 0 Å². The second-order valence-corrected chi connectivity index (χ2v) is 8.51. The fourth-order valence-electron chi connectivity index (χ4n) is 2.71. The molecule has 0 saturated heterocycles. The molecule has 0 radical (unpaired) electrons. The largest absolute Gasteiger partial charge is 0.445 e. The second kappa shape index (κ2) is 7.83. The topological polar surface area (TPSA) is 72.5 Å². The van der Waals surface area contributed by atoms with Gasteiger partial charge in [-0.1, -0.05) is 30.3 Å². The van der Waals surface area contributed by atoms with Gasteiger partial charge >= 0.3 is 6.09 Å². The molecule has 0 bridgehead atoms. The number of carbonyl (C=O) groups is 1. The minimum Gasteiger partial charge on any atom is -0.445 e. The molecule has 0 heterocycles. The Hall–Kier alpha value is -1.27. The number of alkyl carbamates (subject to hydrolysis) is 1. The molecular weight excluding hydrogens is 326 g/mol. The zero-order valence-corrected chi connectivity index (χ0v) is 13.8. The predicted octanol–water partition coefficient (Wildman–Crippen LogP) is 3.04. The zero-order chi connectivity index (χ0) is 16.0. The van der Waals surface area contributed by atoms with Crippen LogP contribution in [0.15, 0.2) is 30.3 Å². The van der Waals surface area contributed by atoms with Gasteiger partial charge in [-0.05, 0) is 37.2 Å². The Labute approximate surface area is 135 Å². The maximum Gasteiger partial charge on any atom is 0.407 e. The number of benzene rings is 1. The summed E-state index contributed by atoms with van der Waals surface area (Å²) in [4.78, 5) is 11.7. The first-order valence-corrected chi connectivity index (χ1v) is 9.80. The third-order valence-electron chi connectivity index (χ3n) is 3.85. The summed E-state index contributed by atoms with van der Waals surface area (Å²) in [6, 6.07) is 9.53. The van der Waals surface area contributed by atoms with Gasteiger partial charge in [-0.3, -0.25) is 0 Å². The number of nitrogens with one attached hydrogen (secondary N) is 1. The predicted molar refractivity (Wildman–Crippen MR) is 85.1 cm³/mol. The third kappa shape index (κ3) is 6.23. The molecular formula is C15H20ClNO4S. The lowest BCUT2D eigenvalue weighted by Gasteiger charge is -2.13. The molecule has 1 aromatic carbocycles. The lowest BCUT2D eigenvalue weighted by atomic mass is 10.1. The van der Waals surface area contributed by atoms with Crippen LogP contribution in [0.25, 0.3) is 0 Å². The molecule has 2 unspecified atom stereocenters. The average Bonchev–Trinajstić information content (AvgIpc) is 2.91. The van der Waals surface area contributed by atoms with Crippen LogP contribution in [-0.4, -0.2) is 26.3 Å². The highest BCUT2D eigenvalue weighted by molar-refractivity contribution is 8.13. The summed E-state index contributed by atoms with van der Waals surface area (Å²) in [5.41, 5.74) is 0.939. The van der Waals surface area contributed by atoms with Crippen LogP contribution in [0.4, 0.5) is 4.79 Å². The van der Waals surface area contributed by atoms with Crippen LogP contribution in [0.1, 0.15) is 31.2 Å². The van der Waals surface area contributed by atoms with E-state index in [0.29, 0.717) is 6.42 Å². The van der Waals surface area contributed by atoms with Crippen LogP contribution in [0, 0.1) is 5.92 Å². The van der Waals surface area contributed by atoms with E-state index in [1.807, 2.05) is 30.3 Å². The van der Waals surface area contributed by atoms with E-state index in [9.17, 15) is 13.2 Å². The molecule has 1 aliphatic rings. The van der Waals surface area contributed by atoms with E-state index in [2.05, 4.69) is 5.32 Å². The summed E-state index contributed by atoms with van der Waals surface area (Å²) < 4.78 is 27.1. The molecule has 1 fully saturated rings. The van der Waals surface area contributed by atoms with Gasteiger partial charge < -0.3 is 10.1 Å². The van der Waals surface area contributed by atoms with Crippen molar-refractivity contribution < 1.29 is 17.9 Å². The first-order chi connectivity index (χ1) is 10.4. The van der Waals surface area contributed by atoms with Crippen LogP contribution in [0.2, 0.25) is 0 Å². The molecule has 5 nitrogen and oxygen atoms in total. The number of ether oxygens (including phenoxy) is 1. The summed E-state index contributed by atoms with van der Waals surface area (Å²) in [6.07, 6.45) is 2.62. The number of rotatable bonds is 6. The highest BCUT2D eigenvalue weighted by Gasteiger charge is 2.27. The number of hydrogen-bond acceptors (Lipinski definition) is 4. The van der Waals surface area contributed by atoms with Crippen molar-refractivity contribution in [3.05, 3.63) is 35.9 Å². The maximum atomic E-state index is 11.7. The van der Waals surface area contributed by atoms with Gasteiger partial charge in [0.25, 0.3) is 0 Å². The molecule has 1 aromatic rings. The van der Waals surface area contributed by atoms with E-state index in [0.717, 1.165) is 24.8 Å². The number of halogens is 1. The van der Waals surface area contributed by atoms with Gasteiger partial charge in [0, 0.05) is 16.7 Å².